The van der Waals surface area contributed by atoms with E-state index in [2.05, 4.69) is 184 Å². The zero-order valence-electron chi connectivity index (χ0n) is 27.4. The predicted molar refractivity (Wildman–Crippen MR) is 199 cm³/mol. The van der Waals surface area contributed by atoms with Crippen molar-refractivity contribution >= 4 is 27.8 Å². The van der Waals surface area contributed by atoms with Crippen LogP contribution < -0.4 is 4.90 Å². The van der Waals surface area contributed by atoms with Crippen LogP contribution in [0.2, 0.25) is 0 Å². The molecule has 0 fully saturated rings. The van der Waals surface area contributed by atoms with Crippen LogP contribution in [0.4, 0.5) is 17.1 Å². The summed E-state index contributed by atoms with van der Waals surface area (Å²) in [6, 6.07) is 56.2. The summed E-state index contributed by atoms with van der Waals surface area (Å²) >= 11 is 0. The Bertz CT molecular complexity index is 2340. The Morgan fingerprint density at radius 2 is 0.894 bits per heavy atom. The largest absolute Gasteiger partial charge is 0.310 e. The van der Waals surface area contributed by atoms with Gasteiger partial charge in [0.25, 0.3) is 0 Å². The molecule has 0 N–H and O–H groups in total. The second-order valence-electron chi connectivity index (χ2n) is 14.2. The van der Waals surface area contributed by atoms with Gasteiger partial charge in [0.2, 0.25) is 0 Å². The molecule has 0 atom stereocenters. The van der Waals surface area contributed by atoms with Gasteiger partial charge in [0.05, 0.1) is 0 Å². The van der Waals surface area contributed by atoms with E-state index in [9.17, 15) is 0 Å². The molecule has 0 unspecified atom stereocenters. The molecule has 2 aliphatic carbocycles. The number of hydrogen-bond donors (Lipinski definition) is 0. The molecule has 0 spiro atoms. The zero-order valence-corrected chi connectivity index (χ0v) is 27.4. The Morgan fingerprint density at radius 1 is 0.383 bits per heavy atom. The van der Waals surface area contributed by atoms with Gasteiger partial charge in [-0.15, -0.1) is 0 Å². The highest BCUT2D eigenvalue weighted by Crippen LogP contribution is 2.53. The zero-order chi connectivity index (χ0) is 31.9. The van der Waals surface area contributed by atoms with Crippen LogP contribution in [0.1, 0.15) is 49.9 Å². The maximum absolute atomic E-state index is 2.45. The first kappa shape index (κ1) is 27.9. The van der Waals surface area contributed by atoms with E-state index in [1.165, 1.54) is 77.8 Å². The van der Waals surface area contributed by atoms with E-state index in [1.807, 2.05) is 0 Å². The Kier molecular flexibility index (Phi) is 5.96. The molecule has 0 saturated carbocycles. The fourth-order valence-electron chi connectivity index (χ4n) is 8.45. The van der Waals surface area contributed by atoms with E-state index in [1.54, 1.807) is 0 Å². The molecular formula is C46H37N. The molecule has 0 heterocycles. The first-order chi connectivity index (χ1) is 22.8. The van der Waals surface area contributed by atoms with Gasteiger partial charge in [0.15, 0.2) is 0 Å². The minimum Gasteiger partial charge on any atom is -0.310 e. The van der Waals surface area contributed by atoms with Crippen molar-refractivity contribution in [2.45, 2.75) is 38.5 Å². The standard InChI is InChI=1S/C46H37N/c1-45(2)41-16-10-8-14-36(41)38-27-25-35(29-43(38)45)47(33-22-18-31(19-23-33)30-12-6-5-7-13-30)34-24-20-32-21-26-39-37-15-9-11-17-42(37)46(3,4)44(39)40(32)28-34/h5-29H,1-4H3. The molecule has 2 aliphatic rings. The van der Waals surface area contributed by atoms with Gasteiger partial charge >= 0.3 is 0 Å². The summed E-state index contributed by atoms with van der Waals surface area (Å²) in [4.78, 5) is 2.45. The molecule has 7 aromatic rings. The molecule has 1 heteroatoms. The maximum atomic E-state index is 2.45. The van der Waals surface area contributed by atoms with Gasteiger partial charge in [0.1, 0.15) is 0 Å². The quantitative estimate of drug-likeness (QED) is 0.193. The average Bonchev–Trinajstić information content (AvgIpc) is 3.49. The second-order valence-corrected chi connectivity index (χ2v) is 14.2. The van der Waals surface area contributed by atoms with Crippen LogP contribution in [0, 0.1) is 0 Å². The molecule has 9 rings (SSSR count). The van der Waals surface area contributed by atoms with Crippen LogP contribution in [-0.4, -0.2) is 0 Å². The third-order valence-corrected chi connectivity index (χ3v) is 10.8. The van der Waals surface area contributed by atoms with Crippen LogP contribution >= 0.6 is 0 Å². The van der Waals surface area contributed by atoms with E-state index >= 15 is 0 Å². The molecule has 0 aromatic heterocycles. The van der Waals surface area contributed by atoms with E-state index < -0.39 is 0 Å². The third kappa shape index (κ3) is 4.09. The van der Waals surface area contributed by atoms with E-state index in [-0.39, 0.29) is 10.8 Å². The Hall–Kier alpha value is -5.40. The number of anilines is 3. The van der Waals surface area contributed by atoms with Crippen LogP contribution in [0.25, 0.3) is 44.2 Å². The molecule has 47 heavy (non-hydrogen) atoms. The van der Waals surface area contributed by atoms with E-state index in [0.717, 1.165) is 5.69 Å². The van der Waals surface area contributed by atoms with Crippen molar-refractivity contribution in [3.8, 4) is 33.4 Å². The number of hydrogen-bond acceptors (Lipinski definition) is 1. The second kappa shape index (κ2) is 10.0. The van der Waals surface area contributed by atoms with Crippen molar-refractivity contribution in [3.63, 3.8) is 0 Å². The van der Waals surface area contributed by atoms with Gasteiger partial charge in [-0.25, -0.2) is 0 Å². The average molecular weight is 604 g/mol. The molecule has 0 bridgehead atoms. The molecular weight excluding hydrogens is 567 g/mol. The highest BCUT2D eigenvalue weighted by atomic mass is 15.1. The fourth-order valence-corrected chi connectivity index (χ4v) is 8.45. The number of fused-ring (bicyclic) bond motifs is 8. The molecule has 0 aliphatic heterocycles. The lowest BCUT2D eigenvalue weighted by atomic mass is 9.80. The molecule has 7 aromatic carbocycles. The van der Waals surface area contributed by atoms with Gasteiger partial charge < -0.3 is 4.90 Å². The van der Waals surface area contributed by atoms with Crippen molar-refractivity contribution in [3.05, 3.63) is 174 Å². The lowest BCUT2D eigenvalue weighted by Gasteiger charge is -2.29. The Labute approximate surface area is 277 Å². The summed E-state index contributed by atoms with van der Waals surface area (Å²) in [5.74, 6) is 0. The Balaban J connectivity index is 1.25. The molecule has 0 amide bonds. The maximum Gasteiger partial charge on any atom is 0.0468 e. The van der Waals surface area contributed by atoms with Crippen molar-refractivity contribution in [2.24, 2.45) is 0 Å². The van der Waals surface area contributed by atoms with Crippen LogP contribution in [0.15, 0.2) is 152 Å². The van der Waals surface area contributed by atoms with Crippen LogP contribution in [-0.2, 0) is 10.8 Å². The van der Waals surface area contributed by atoms with Gasteiger partial charge in [-0.3, -0.25) is 0 Å². The van der Waals surface area contributed by atoms with E-state index in [0.29, 0.717) is 0 Å². The fraction of sp³-hybridized carbons (Fsp3) is 0.130. The summed E-state index contributed by atoms with van der Waals surface area (Å²) in [6.07, 6.45) is 0. The summed E-state index contributed by atoms with van der Waals surface area (Å²) in [5.41, 5.74) is 16.8. The SMILES string of the molecule is CC1(C)c2ccccc2-c2ccc(N(c3ccc(-c4ccccc4)cc3)c3ccc4ccc5c(c4c3)C(C)(C)c3ccccc3-5)cc21. The summed E-state index contributed by atoms with van der Waals surface area (Å²) in [5, 5.41) is 2.60. The molecule has 1 nitrogen and oxygen atoms in total. The first-order valence-corrected chi connectivity index (χ1v) is 16.7. The molecule has 226 valence electrons. The monoisotopic (exact) mass is 603 g/mol. The van der Waals surface area contributed by atoms with Crippen molar-refractivity contribution < 1.29 is 0 Å². The number of rotatable bonds is 4. The van der Waals surface area contributed by atoms with Crippen molar-refractivity contribution in [1.82, 2.24) is 0 Å². The van der Waals surface area contributed by atoms with Crippen molar-refractivity contribution in [1.29, 1.82) is 0 Å². The van der Waals surface area contributed by atoms with Gasteiger partial charge in [-0.2, -0.15) is 0 Å². The van der Waals surface area contributed by atoms with Crippen LogP contribution in [0.3, 0.4) is 0 Å². The topological polar surface area (TPSA) is 3.24 Å². The lowest BCUT2D eigenvalue weighted by molar-refractivity contribution is 0.660. The van der Waals surface area contributed by atoms with Crippen molar-refractivity contribution in [2.75, 3.05) is 4.90 Å². The molecule has 0 saturated heterocycles. The van der Waals surface area contributed by atoms with E-state index in [4.69, 9.17) is 0 Å². The minimum absolute atomic E-state index is 0.0786. The summed E-state index contributed by atoms with van der Waals surface area (Å²) < 4.78 is 0. The molecule has 0 radical (unpaired) electrons. The third-order valence-electron chi connectivity index (χ3n) is 10.8. The number of benzene rings is 7. The highest BCUT2D eigenvalue weighted by Gasteiger charge is 2.37. The summed E-state index contributed by atoms with van der Waals surface area (Å²) in [6.45, 7) is 9.48. The smallest absolute Gasteiger partial charge is 0.0468 e. The first-order valence-electron chi connectivity index (χ1n) is 16.7. The minimum atomic E-state index is -0.0877. The summed E-state index contributed by atoms with van der Waals surface area (Å²) in [7, 11) is 0. The lowest BCUT2D eigenvalue weighted by Crippen LogP contribution is -2.17. The van der Waals surface area contributed by atoms with Gasteiger partial charge in [-0.05, 0) is 103 Å². The highest BCUT2D eigenvalue weighted by molar-refractivity contribution is 6.00. The van der Waals surface area contributed by atoms with Gasteiger partial charge in [0, 0.05) is 27.9 Å². The van der Waals surface area contributed by atoms with Gasteiger partial charge in [-0.1, -0.05) is 143 Å². The van der Waals surface area contributed by atoms with Crippen LogP contribution in [0.5, 0.6) is 0 Å². The Morgan fingerprint density at radius 3 is 1.64 bits per heavy atom. The normalized spacial score (nSPS) is 14.7. The number of nitrogens with zero attached hydrogens (tertiary/aromatic N) is 1. The predicted octanol–water partition coefficient (Wildman–Crippen LogP) is 12.6.